The average Bonchev–Trinajstić information content (AvgIpc) is 2.81. The molecule has 0 saturated heterocycles. The molecule has 0 unspecified atom stereocenters. The quantitative estimate of drug-likeness (QED) is 0.148. The van der Waals surface area contributed by atoms with Crippen molar-refractivity contribution in [3.63, 3.8) is 0 Å². The molecule has 1 fully saturated rings. The summed E-state index contributed by atoms with van der Waals surface area (Å²) in [6.45, 7) is 6.79. The van der Waals surface area contributed by atoms with Crippen molar-refractivity contribution in [2.45, 2.75) is 174 Å². The van der Waals surface area contributed by atoms with Gasteiger partial charge >= 0.3 is 0 Å². The molecule has 34 heavy (non-hydrogen) atoms. The van der Waals surface area contributed by atoms with Crippen LogP contribution >= 0.6 is 0 Å². The fourth-order valence-corrected chi connectivity index (χ4v) is 5.95. The first-order valence-electron chi connectivity index (χ1n) is 15.8. The standard InChI is InChI=1S/C34H60/c1-4-5-6-7-8-9-10-11-12-13-14-15-16-17-18-19-20-21-22-23-24-32-28-34(29-32)33-26-25-30(2)31(3)27-33/h25-27,32,34H,4-24,28-29H2,1-3H3. The highest BCUT2D eigenvalue weighted by atomic mass is 14.3. The van der Waals surface area contributed by atoms with E-state index in [1.54, 1.807) is 5.56 Å². The van der Waals surface area contributed by atoms with Gasteiger partial charge in [0.1, 0.15) is 0 Å². The van der Waals surface area contributed by atoms with Gasteiger partial charge in [0, 0.05) is 0 Å². The lowest BCUT2D eigenvalue weighted by atomic mass is 9.69. The van der Waals surface area contributed by atoms with E-state index in [1.807, 2.05) is 0 Å². The largest absolute Gasteiger partial charge is 0.0654 e. The van der Waals surface area contributed by atoms with E-state index in [9.17, 15) is 0 Å². The Morgan fingerprint density at radius 1 is 0.529 bits per heavy atom. The maximum Gasteiger partial charge on any atom is -0.0157 e. The topological polar surface area (TPSA) is 0 Å². The minimum Gasteiger partial charge on any atom is -0.0654 e. The summed E-state index contributed by atoms with van der Waals surface area (Å²) in [4.78, 5) is 0. The maximum absolute atomic E-state index is 2.44. The van der Waals surface area contributed by atoms with Crippen LogP contribution in [0.5, 0.6) is 0 Å². The summed E-state index contributed by atoms with van der Waals surface area (Å²) in [6, 6.07) is 7.13. The molecule has 1 aliphatic rings. The third-order valence-electron chi connectivity index (χ3n) is 8.70. The van der Waals surface area contributed by atoms with Gasteiger partial charge in [-0.15, -0.1) is 0 Å². The van der Waals surface area contributed by atoms with E-state index in [4.69, 9.17) is 0 Å². The van der Waals surface area contributed by atoms with E-state index in [0.29, 0.717) is 0 Å². The van der Waals surface area contributed by atoms with E-state index in [-0.39, 0.29) is 0 Å². The molecule has 0 aliphatic heterocycles. The highest BCUT2D eigenvalue weighted by molar-refractivity contribution is 5.33. The molecule has 0 atom stereocenters. The summed E-state index contributed by atoms with van der Waals surface area (Å²) in [5.41, 5.74) is 4.50. The molecule has 0 aromatic heterocycles. The second kappa shape index (κ2) is 19.4. The monoisotopic (exact) mass is 468 g/mol. The summed E-state index contributed by atoms with van der Waals surface area (Å²) in [5, 5.41) is 0. The average molecular weight is 469 g/mol. The molecule has 1 aromatic carbocycles. The van der Waals surface area contributed by atoms with Crippen LogP contribution < -0.4 is 0 Å². The van der Waals surface area contributed by atoms with E-state index in [1.165, 1.54) is 159 Å². The van der Waals surface area contributed by atoms with Gasteiger partial charge in [-0.05, 0) is 55.2 Å². The minimum absolute atomic E-state index is 0.856. The van der Waals surface area contributed by atoms with Crippen molar-refractivity contribution in [3.05, 3.63) is 34.9 Å². The highest BCUT2D eigenvalue weighted by Gasteiger charge is 2.29. The van der Waals surface area contributed by atoms with Crippen LogP contribution in [0.3, 0.4) is 0 Å². The van der Waals surface area contributed by atoms with E-state index >= 15 is 0 Å². The molecule has 0 N–H and O–H groups in total. The van der Waals surface area contributed by atoms with Crippen molar-refractivity contribution in [1.82, 2.24) is 0 Å². The van der Waals surface area contributed by atoms with Crippen LogP contribution in [0.1, 0.15) is 177 Å². The van der Waals surface area contributed by atoms with Gasteiger partial charge in [0.15, 0.2) is 0 Å². The first kappa shape index (κ1) is 29.5. The molecule has 1 aromatic rings. The van der Waals surface area contributed by atoms with Crippen molar-refractivity contribution in [1.29, 1.82) is 0 Å². The van der Waals surface area contributed by atoms with Gasteiger partial charge in [-0.25, -0.2) is 0 Å². The number of hydrogen-bond acceptors (Lipinski definition) is 0. The molecule has 2 rings (SSSR count). The van der Waals surface area contributed by atoms with Crippen LogP contribution in [-0.2, 0) is 0 Å². The Hall–Kier alpha value is -0.780. The molecule has 1 saturated carbocycles. The molecule has 0 radical (unpaired) electrons. The predicted molar refractivity (Wildman–Crippen MR) is 154 cm³/mol. The zero-order chi connectivity index (χ0) is 24.3. The van der Waals surface area contributed by atoms with E-state index < -0.39 is 0 Å². The summed E-state index contributed by atoms with van der Waals surface area (Å²) in [7, 11) is 0. The number of rotatable bonds is 22. The van der Waals surface area contributed by atoms with Gasteiger partial charge in [-0.3, -0.25) is 0 Å². The second-order valence-corrected chi connectivity index (χ2v) is 11.9. The van der Waals surface area contributed by atoms with Crippen molar-refractivity contribution in [2.75, 3.05) is 0 Å². The normalized spacial score (nSPS) is 17.7. The number of aryl methyl sites for hydroxylation is 2. The van der Waals surface area contributed by atoms with Crippen LogP contribution in [0.2, 0.25) is 0 Å². The van der Waals surface area contributed by atoms with E-state index in [2.05, 4.69) is 39.0 Å². The third kappa shape index (κ3) is 13.3. The summed E-state index contributed by atoms with van der Waals surface area (Å²) in [5.74, 6) is 1.87. The summed E-state index contributed by atoms with van der Waals surface area (Å²) < 4.78 is 0. The lowest BCUT2D eigenvalue weighted by molar-refractivity contribution is 0.241. The van der Waals surface area contributed by atoms with Gasteiger partial charge in [0.2, 0.25) is 0 Å². The van der Waals surface area contributed by atoms with Gasteiger partial charge in [0.25, 0.3) is 0 Å². The smallest absolute Gasteiger partial charge is 0.0157 e. The number of hydrogen-bond donors (Lipinski definition) is 0. The first-order valence-corrected chi connectivity index (χ1v) is 15.8. The molecule has 0 bridgehead atoms. The Kier molecular flexibility index (Phi) is 16.8. The molecule has 0 spiro atoms. The molecule has 1 aliphatic carbocycles. The van der Waals surface area contributed by atoms with Crippen molar-refractivity contribution in [3.8, 4) is 0 Å². The number of benzene rings is 1. The molecule has 196 valence electrons. The van der Waals surface area contributed by atoms with Crippen LogP contribution in [0.25, 0.3) is 0 Å². The molecular formula is C34H60. The maximum atomic E-state index is 2.44. The van der Waals surface area contributed by atoms with Crippen LogP contribution in [-0.4, -0.2) is 0 Å². The Morgan fingerprint density at radius 2 is 0.941 bits per heavy atom. The van der Waals surface area contributed by atoms with Gasteiger partial charge in [-0.1, -0.05) is 160 Å². The van der Waals surface area contributed by atoms with Crippen LogP contribution in [0.4, 0.5) is 0 Å². The molecule has 0 nitrogen and oxygen atoms in total. The van der Waals surface area contributed by atoms with Crippen LogP contribution in [0.15, 0.2) is 18.2 Å². The molecule has 0 heterocycles. The van der Waals surface area contributed by atoms with Crippen molar-refractivity contribution in [2.24, 2.45) is 5.92 Å². The SMILES string of the molecule is CCCCCCCCCCCCCCCCCCCCCCC1CC(c2ccc(C)c(C)c2)C1. The fourth-order valence-electron chi connectivity index (χ4n) is 5.95. The zero-order valence-electron chi connectivity index (χ0n) is 23.7. The summed E-state index contributed by atoms with van der Waals surface area (Å²) in [6.07, 6.45) is 33.9. The predicted octanol–water partition coefficient (Wildman–Crippen LogP) is 12.0. The zero-order valence-corrected chi connectivity index (χ0v) is 23.7. The lowest BCUT2D eigenvalue weighted by Crippen LogP contribution is -2.21. The Labute approximate surface area is 215 Å². The Bertz CT molecular complexity index is 594. The Balaban J connectivity index is 1.25. The lowest BCUT2D eigenvalue weighted by Gasteiger charge is -2.36. The minimum atomic E-state index is 0.856. The first-order chi connectivity index (χ1) is 16.7. The Morgan fingerprint density at radius 3 is 1.35 bits per heavy atom. The van der Waals surface area contributed by atoms with Crippen molar-refractivity contribution < 1.29 is 0 Å². The molecule has 0 amide bonds. The van der Waals surface area contributed by atoms with Gasteiger partial charge in [-0.2, -0.15) is 0 Å². The summed E-state index contributed by atoms with van der Waals surface area (Å²) >= 11 is 0. The highest BCUT2D eigenvalue weighted by Crippen LogP contribution is 2.44. The van der Waals surface area contributed by atoms with E-state index in [0.717, 1.165) is 11.8 Å². The second-order valence-electron chi connectivity index (χ2n) is 11.9. The molecular weight excluding hydrogens is 408 g/mol. The van der Waals surface area contributed by atoms with Crippen molar-refractivity contribution >= 4 is 0 Å². The van der Waals surface area contributed by atoms with Crippen LogP contribution in [0, 0.1) is 19.8 Å². The third-order valence-corrected chi connectivity index (χ3v) is 8.70. The van der Waals surface area contributed by atoms with Gasteiger partial charge < -0.3 is 0 Å². The van der Waals surface area contributed by atoms with Gasteiger partial charge in [0.05, 0.1) is 0 Å². The molecule has 0 heteroatoms. The number of unbranched alkanes of at least 4 members (excludes halogenated alkanes) is 19. The fraction of sp³-hybridized carbons (Fsp3) is 0.824.